The van der Waals surface area contributed by atoms with Gasteiger partial charge in [-0.15, -0.1) is 0 Å². The van der Waals surface area contributed by atoms with Gasteiger partial charge in [-0.25, -0.2) is 5.01 Å². The Morgan fingerprint density at radius 2 is 1.70 bits per heavy atom. The lowest BCUT2D eigenvalue weighted by Gasteiger charge is -2.14. The lowest BCUT2D eigenvalue weighted by atomic mass is 9.95. The molecule has 1 unspecified atom stereocenters. The first-order chi connectivity index (χ1) is 11.1. The zero-order valence-corrected chi connectivity index (χ0v) is 13.6. The highest BCUT2D eigenvalue weighted by Crippen LogP contribution is 2.26. The molecule has 2 aromatic rings. The number of methoxy groups -OCH3 is 1. The number of hydrogen-bond donors (Lipinski definition) is 0. The van der Waals surface area contributed by atoms with Gasteiger partial charge < -0.3 is 4.74 Å². The summed E-state index contributed by atoms with van der Waals surface area (Å²) < 4.78 is 5.17. The first kappa shape index (κ1) is 15.3. The summed E-state index contributed by atoms with van der Waals surface area (Å²) in [7, 11) is 1.64. The van der Waals surface area contributed by atoms with Crippen LogP contribution in [0.2, 0.25) is 0 Å². The van der Waals surface area contributed by atoms with E-state index in [0.717, 1.165) is 28.3 Å². The molecule has 0 saturated carbocycles. The number of amides is 1. The zero-order chi connectivity index (χ0) is 16.4. The van der Waals surface area contributed by atoms with Gasteiger partial charge in [0.1, 0.15) is 5.75 Å². The van der Waals surface area contributed by atoms with E-state index in [-0.39, 0.29) is 11.8 Å². The minimum absolute atomic E-state index is 0.0298. The molecule has 0 fully saturated rings. The van der Waals surface area contributed by atoms with Crippen molar-refractivity contribution in [3.05, 3.63) is 59.7 Å². The molecule has 118 valence electrons. The van der Waals surface area contributed by atoms with Crippen molar-refractivity contribution in [2.75, 3.05) is 12.1 Å². The summed E-state index contributed by atoms with van der Waals surface area (Å²) in [4.78, 5) is 12.7. The monoisotopic (exact) mass is 308 g/mol. The van der Waals surface area contributed by atoms with E-state index in [0.29, 0.717) is 6.42 Å². The fourth-order valence-corrected chi connectivity index (χ4v) is 2.71. The van der Waals surface area contributed by atoms with Crippen LogP contribution in [-0.4, -0.2) is 18.7 Å². The zero-order valence-electron chi connectivity index (χ0n) is 13.6. The largest absolute Gasteiger partial charge is 0.497 e. The second-order valence-electron chi connectivity index (χ2n) is 5.83. The SMILES string of the molecule is COc1ccc(CC2C(=O)N(c3ccc(C)cc3)N=C2C)cc1. The molecule has 0 spiro atoms. The van der Waals surface area contributed by atoms with Gasteiger partial charge in [-0.2, -0.15) is 5.10 Å². The molecular formula is C19H20N2O2. The minimum Gasteiger partial charge on any atom is -0.497 e. The van der Waals surface area contributed by atoms with Gasteiger partial charge in [0, 0.05) is 5.71 Å². The number of benzene rings is 2. The number of carbonyl (C=O) groups is 1. The molecule has 0 aliphatic carbocycles. The maximum atomic E-state index is 12.7. The quantitative estimate of drug-likeness (QED) is 0.866. The van der Waals surface area contributed by atoms with Crippen LogP contribution in [0.1, 0.15) is 18.1 Å². The van der Waals surface area contributed by atoms with Crippen LogP contribution in [0.4, 0.5) is 5.69 Å². The van der Waals surface area contributed by atoms with Crippen LogP contribution in [0.5, 0.6) is 5.75 Å². The lowest BCUT2D eigenvalue weighted by Crippen LogP contribution is -2.28. The van der Waals surface area contributed by atoms with Crippen LogP contribution in [0.15, 0.2) is 53.6 Å². The topological polar surface area (TPSA) is 41.9 Å². The molecule has 4 nitrogen and oxygen atoms in total. The number of carbonyl (C=O) groups excluding carboxylic acids is 1. The van der Waals surface area contributed by atoms with Crippen molar-refractivity contribution in [1.82, 2.24) is 0 Å². The molecule has 1 atom stereocenters. The number of hydrogen-bond acceptors (Lipinski definition) is 3. The molecule has 23 heavy (non-hydrogen) atoms. The number of aryl methyl sites for hydroxylation is 1. The maximum Gasteiger partial charge on any atom is 0.256 e. The molecule has 2 aromatic carbocycles. The Balaban J connectivity index is 1.78. The highest BCUT2D eigenvalue weighted by Gasteiger charge is 2.34. The Hall–Kier alpha value is -2.62. The first-order valence-electron chi connectivity index (χ1n) is 7.67. The summed E-state index contributed by atoms with van der Waals surface area (Å²) in [6.45, 7) is 3.94. The van der Waals surface area contributed by atoms with E-state index in [1.54, 1.807) is 7.11 Å². The van der Waals surface area contributed by atoms with E-state index in [1.807, 2.05) is 62.4 Å². The third kappa shape index (κ3) is 3.11. The van der Waals surface area contributed by atoms with Crippen LogP contribution in [-0.2, 0) is 11.2 Å². The number of hydrazone groups is 1. The molecule has 0 N–H and O–H groups in total. The van der Waals surface area contributed by atoms with Crippen molar-refractivity contribution in [1.29, 1.82) is 0 Å². The summed E-state index contributed by atoms with van der Waals surface area (Å²) in [6, 6.07) is 15.7. The molecule has 0 aromatic heterocycles. The van der Waals surface area contributed by atoms with Crippen LogP contribution in [0, 0.1) is 12.8 Å². The number of rotatable bonds is 4. The second kappa shape index (κ2) is 6.24. The van der Waals surface area contributed by atoms with E-state index in [9.17, 15) is 4.79 Å². The van der Waals surface area contributed by atoms with Gasteiger partial charge in [0.2, 0.25) is 0 Å². The Bertz CT molecular complexity index is 733. The first-order valence-corrected chi connectivity index (χ1v) is 7.67. The van der Waals surface area contributed by atoms with Gasteiger partial charge >= 0.3 is 0 Å². The predicted molar refractivity (Wildman–Crippen MR) is 92.0 cm³/mol. The molecule has 1 amide bonds. The Morgan fingerprint density at radius 3 is 2.30 bits per heavy atom. The molecule has 0 saturated heterocycles. The lowest BCUT2D eigenvalue weighted by molar-refractivity contribution is -0.119. The maximum absolute atomic E-state index is 12.7. The molecule has 1 aliphatic heterocycles. The van der Waals surface area contributed by atoms with Crippen LogP contribution < -0.4 is 9.75 Å². The van der Waals surface area contributed by atoms with Gasteiger partial charge in [0.15, 0.2) is 0 Å². The van der Waals surface area contributed by atoms with Crippen LogP contribution in [0.3, 0.4) is 0 Å². The molecule has 0 radical (unpaired) electrons. The van der Waals surface area contributed by atoms with Crippen LogP contribution in [0.25, 0.3) is 0 Å². The summed E-state index contributed by atoms with van der Waals surface area (Å²) in [5.74, 6) is 0.644. The summed E-state index contributed by atoms with van der Waals surface area (Å²) >= 11 is 0. The highest BCUT2D eigenvalue weighted by molar-refractivity contribution is 6.14. The van der Waals surface area contributed by atoms with Crippen molar-refractivity contribution in [2.24, 2.45) is 11.0 Å². The van der Waals surface area contributed by atoms with Crippen molar-refractivity contribution in [2.45, 2.75) is 20.3 Å². The van der Waals surface area contributed by atoms with Crippen molar-refractivity contribution in [3.8, 4) is 5.75 Å². The van der Waals surface area contributed by atoms with Crippen molar-refractivity contribution >= 4 is 17.3 Å². The van der Waals surface area contributed by atoms with Crippen LogP contribution >= 0.6 is 0 Å². The average Bonchev–Trinajstić information content (AvgIpc) is 2.84. The molecule has 4 heteroatoms. The number of ether oxygens (including phenoxy) is 1. The van der Waals surface area contributed by atoms with E-state index < -0.39 is 0 Å². The Kier molecular flexibility index (Phi) is 4.15. The molecule has 1 heterocycles. The van der Waals surface area contributed by atoms with Gasteiger partial charge in [-0.1, -0.05) is 29.8 Å². The number of anilines is 1. The van der Waals surface area contributed by atoms with E-state index in [2.05, 4.69) is 5.10 Å². The van der Waals surface area contributed by atoms with Gasteiger partial charge in [0.05, 0.1) is 18.7 Å². The third-order valence-electron chi connectivity index (χ3n) is 4.15. The Morgan fingerprint density at radius 1 is 1.04 bits per heavy atom. The van der Waals surface area contributed by atoms with Crippen molar-refractivity contribution in [3.63, 3.8) is 0 Å². The fourth-order valence-electron chi connectivity index (χ4n) is 2.71. The Labute approximate surface area is 136 Å². The van der Waals surface area contributed by atoms with E-state index in [4.69, 9.17) is 4.74 Å². The van der Waals surface area contributed by atoms with E-state index in [1.165, 1.54) is 5.01 Å². The van der Waals surface area contributed by atoms with Crippen molar-refractivity contribution < 1.29 is 9.53 Å². The standard InChI is InChI=1S/C19H20N2O2/c1-13-4-8-16(9-5-13)21-19(22)18(14(2)20-21)12-15-6-10-17(23-3)11-7-15/h4-11,18H,12H2,1-3H3. The summed E-state index contributed by atoms with van der Waals surface area (Å²) in [6.07, 6.45) is 0.653. The minimum atomic E-state index is -0.204. The predicted octanol–water partition coefficient (Wildman–Crippen LogP) is 3.59. The molecule has 1 aliphatic rings. The summed E-state index contributed by atoms with van der Waals surface area (Å²) in [5.41, 5.74) is 3.93. The normalized spacial score (nSPS) is 17.3. The smallest absolute Gasteiger partial charge is 0.256 e. The number of nitrogens with zero attached hydrogens (tertiary/aromatic N) is 2. The van der Waals surface area contributed by atoms with Gasteiger partial charge in [-0.05, 0) is 50.1 Å². The second-order valence-corrected chi connectivity index (χ2v) is 5.83. The molecule has 0 bridgehead atoms. The van der Waals surface area contributed by atoms with E-state index >= 15 is 0 Å². The fraction of sp³-hybridized carbons (Fsp3) is 0.263. The molecule has 3 rings (SSSR count). The highest BCUT2D eigenvalue weighted by atomic mass is 16.5. The third-order valence-corrected chi connectivity index (χ3v) is 4.15. The van der Waals surface area contributed by atoms with Gasteiger partial charge in [-0.3, -0.25) is 4.79 Å². The average molecular weight is 308 g/mol. The summed E-state index contributed by atoms with van der Waals surface area (Å²) in [5, 5.41) is 5.97. The van der Waals surface area contributed by atoms with Gasteiger partial charge in [0.25, 0.3) is 5.91 Å². The molecular weight excluding hydrogens is 288 g/mol.